The summed E-state index contributed by atoms with van der Waals surface area (Å²) in [4.78, 5) is 17.5. The van der Waals surface area contributed by atoms with Gasteiger partial charge in [-0.05, 0) is 50.7 Å². The van der Waals surface area contributed by atoms with Crippen molar-refractivity contribution >= 4 is 17.4 Å². The van der Waals surface area contributed by atoms with E-state index in [9.17, 15) is 4.79 Å². The molecular weight excluding hydrogens is 326 g/mol. The van der Waals surface area contributed by atoms with Crippen molar-refractivity contribution in [1.29, 1.82) is 0 Å². The summed E-state index contributed by atoms with van der Waals surface area (Å²) < 4.78 is 5.37. The maximum absolute atomic E-state index is 13.2. The number of benzene rings is 2. The molecular formula is C21H25N3O2. The molecule has 0 spiro atoms. The monoisotopic (exact) mass is 351 g/mol. The van der Waals surface area contributed by atoms with Crippen molar-refractivity contribution in [3.05, 3.63) is 53.6 Å². The molecule has 0 unspecified atom stereocenters. The lowest BCUT2D eigenvalue weighted by atomic mass is 9.89. The molecule has 5 nitrogen and oxygen atoms in total. The van der Waals surface area contributed by atoms with Gasteiger partial charge in [-0.25, -0.2) is 4.79 Å². The van der Waals surface area contributed by atoms with Crippen LogP contribution in [-0.4, -0.2) is 44.2 Å². The van der Waals surface area contributed by atoms with Crippen LogP contribution in [-0.2, 0) is 0 Å². The van der Waals surface area contributed by atoms with Gasteiger partial charge in [-0.2, -0.15) is 0 Å². The van der Waals surface area contributed by atoms with Crippen LogP contribution >= 0.6 is 0 Å². The molecule has 0 aromatic heterocycles. The third kappa shape index (κ3) is 2.82. The topological polar surface area (TPSA) is 44.8 Å². The molecule has 1 saturated heterocycles. The van der Waals surface area contributed by atoms with Gasteiger partial charge in [-0.15, -0.1) is 0 Å². The van der Waals surface area contributed by atoms with Crippen LogP contribution in [0.3, 0.4) is 0 Å². The van der Waals surface area contributed by atoms with E-state index in [2.05, 4.69) is 42.4 Å². The lowest BCUT2D eigenvalue weighted by Gasteiger charge is -2.36. The van der Waals surface area contributed by atoms with Crippen molar-refractivity contribution in [1.82, 2.24) is 4.90 Å². The minimum absolute atomic E-state index is 0.0864. The molecule has 2 amide bonds. The van der Waals surface area contributed by atoms with Gasteiger partial charge >= 0.3 is 6.03 Å². The highest BCUT2D eigenvalue weighted by Gasteiger charge is 2.44. The number of hydrogen-bond acceptors (Lipinski definition) is 3. The molecule has 2 aromatic carbocycles. The van der Waals surface area contributed by atoms with Gasteiger partial charge < -0.3 is 15.0 Å². The maximum atomic E-state index is 13.2. The van der Waals surface area contributed by atoms with Gasteiger partial charge in [0.25, 0.3) is 0 Å². The molecule has 0 aliphatic carbocycles. The number of para-hydroxylation sites is 2. The maximum Gasteiger partial charge on any atom is 0.326 e. The molecule has 2 heterocycles. The van der Waals surface area contributed by atoms with Crippen LogP contribution in [0.4, 0.5) is 16.2 Å². The standard InChI is InChI=1S/C21H25N3O2/c1-14-8-9-18-15(12-14)16-13-23(2)11-10-19(16)24(18)21(25)22-17-6-4-5-7-20(17)26-3/h4-9,12,16,19H,10-11,13H2,1-3H3,(H,22,25)/t16-,19+/m1/s1. The Bertz CT molecular complexity index is 836. The predicted molar refractivity (Wildman–Crippen MR) is 104 cm³/mol. The normalized spacial score (nSPS) is 21.9. The number of piperidine rings is 1. The van der Waals surface area contributed by atoms with Crippen molar-refractivity contribution in [3.63, 3.8) is 0 Å². The van der Waals surface area contributed by atoms with Crippen molar-refractivity contribution < 1.29 is 9.53 Å². The molecule has 26 heavy (non-hydrogen) atoms. The molecule has 1 N–H and O–H groups in total. The van der Waals surface area contributed by atoms with Crippen LogP contribution in [0.1, 0.15) is 23.5 Å². The van der Waals surface area contributed by atoms with Gasteiger partial charge in [0.15, 0.2) is 0 Å². The molecule has 2 atom stereocenters. The summed E-state index contributed by atoms with van der Waals surface area (Å²) in [7, 11) is 3.77. The molecule has 136 valence electrons. The third-order valence-corrected chi connectivity index (χ3v) is 5.52. The number of nitrogens with zero attached hydrogens (tertiary/aromatic N) is 2. The number of aryl methyl sites for hydroxylation is 1. The Kier molecular flexibility index (Phi) is 4.32. The summed E-state index contributed by atoms with van der Waals surface area (Å²) in [5, 5.41) is 3.05. The number of methoxy groups -OCH3 is 1. The number of amides is 2. The van der Waals surface area contributed by atoms with E-state index in [0.717, 1.165) is 25.2 Å². The van der Waals surface area contributed by atoms with E-state index >= 15 is 0 Å². The Hall–Kier alpha value is -2.53. The number of rotatable bonds is 2. The van der Waals surface area contributed by atoms with E-state index in [1.54, 1.807) is 7.11 Å². The fourth-order valence-corrected chi connectivity index (χ4v) is 4.27. The molecule has 2 aliphatic heterocycles. The van der Waals surface area contributed by atoms with Gasteiger partial charge in [0, 0.05) is 24.2 Å². The van der Waals surface area contributed by atoms with Crippen LogP contribution in [0.2, 0.25) is 0 Å². The molecule has 4 rings (SSSR count). The molecule has 5 heteroatoms. The number of hydrogen-bond donors (Lipinski definition) is 1. The highest BCUT2D eigenvalue weighted by atomic mass is 16.5. The number of carbonyl (C=O) groups is 1. The highest BCUT2D eigenvalue weighted by Crippen LogP contribution is 2.45. The van der Waals surface area contributed by atoms with Gasteiger partial charge in [-0.1, -0.05) is 29.8 Å². The van der Waals surface area contributed by atoms with Gasteiger partial charge in [0.1, 0.15) is 5.75 Å². The van der Waals surface area contributed by atoms with Crippen LogP contribution < -0.4 is 15.0 Å². The second-order valence-corrected chi connectivity index (χ2v) is 7.29. The summed E-state index contributed by atoms with van der Waals surface area (Å²) in [5.41, 5.74) is 4.26. The highest BCUT2D eigenvalue weighted by molar-refractivity contribution is 6.04. The number of carbonyl (C=O) groups excluding carboxylic acids is 1. The fraction of sp³-hybridized carbons (Fsp3) is 0.381. The molecule has 0 bridgehead atoms. The molecule has 2 aliphatic rings. The van der Waals surface area contributed by atoms with E-state index in [1.165, 1.54) is 11.1 Å². The first-order valence-electron chi connectivity index (χ1n) is 9.11. The quantitative estimate of drug-likeness (QED) is 0.894. The summed E-state index contributed by atoms with van der Waals surface area (Å²) in [6, 6.07) is 14.1. The molecule has 2 aromatic rings. The summed E-state index contributed by atoms with van der Waals surface area (Å²) in [5.74, 6) is 1.04. The van der Waals surface area contributed by atoms with Gasteiger partial charge in [0.05, 0.1) is 12.8 Å². The lowest BCUT2D eigenvalue weighted by Crippen LogP contribution is -2.48. The van der Waals surface area contributed by atoms with Crippen molar-refractivity contribution in [2.75, 3.05) is 37.5 Å². The van der Waals surface area contributed by atoms with E-state index in [4.69, 9.17) is 4.74 Å². The van der Waals surface area contributed by atoms with Crippen LogP contribution in [0, 0.1) is 6.92 Å². The second kappa shape index (κ2) is 6.65. The lowest BCUT2D eigenvalue weighted by molar-refractivity contribution is 0.224. The number of fused-ring (bicyclic) bond motifs is 3. The number of nitrogens with one attached hydrogen (secondary N) is 1. The Balaban J connectivity index is 1.68. The van der Waals surface area contributed by atoms with Crippen LogP contribution in [0.5, 0.6) is 5.75 Å². The first kappa shape index (κ1) is 16.9. The van der Waals surface area contributed by atoms with E-state index in [-0.39, 0.29) is 12.1 Å². The predicted octanol–water partition coefficient (Wildman–Crippen LogP) is 3.84. The summed E-state index contributed by atoms with van der Waals surface area (Å²) >= 11 is 0. The van der Waals surface area contributed by atoms with Crippen molar-refractivity contribution in [3.8, 4) is 5.75 Å². The van der Waals surface area contributed by atoms with E-state index in [1.807, 2.05) is 29.2 Å². The average Bonchev–Trinajstić information content (AvgIpc) is 2.95. The molecule has 0 saturated carbocycles. The number of likely N-dealkylation sites (N-methyl/N-ethyl adjacent to an activating group) is 1. The minimum Gasteiger partial charge on any atom is -0.495 e. The number of ether oxygens (including phenoxy) is 1. The Morgan fingerprint density at radius 3 is 2.85 bits per heavy atom. The Labute approximate surface area is 154 Å². The van der Waals surface area contributed by atoms with Gasteiger partial charge in [-0.3, -0.25) is 4.90 Å². The first-order valence-corrected chi connectivity index (χ1v) is 9.11. The second-order valence-electron chi connectivity index (χ2n) is 7.29. The largest absolute Gasteiger partial charge is 0.495 e. The van der Waals surface area contributed by atoms with E-state index < -0.39 is 0 Å². The average molecular weight is 351 g/mol. The first-order chi connectivity index (χ1) is 12.6. The Morgan fingerprint density at radius 2 is 2.04 bits per heavy atom. The van der Waals surface area contributed by atoms with E-state index in [0.29, 0.717) is 17.4 Å². The number of likely N-dealkylation sites (tertiary alicyclic amines) is 1. The van der Waals surface area contributed by atoms with Crippen molar-refractivity contribution in [2.24, 2.45) is 0 Å². The zero-order valence-electron chi connectivity index (χ0n) is 15.5. The zero-order valence-corrected chi connectivity index (χ0v) is 15.5. The van der Waals surface area contributed by atoms with Crippen LogP contribution in [0.25, 0.3) is 0 Å². The number of anilines is 2. The third-order valence-electron chi connectivity index (χ3n) is 5.52. The van der Waals surface area contributed by atoms with Gasteiger partial charge in [0.2, 0.25) is 0 Å². The zero-order chi connectivity index (χ0) is 18.3. The summed E-state index contributed by atoms with van der Waals surface area (Å²) in [6.07, 6.45) is 0.980. The fourth-order valence-electron chi connectivity index (χ4n) is 4.27. The molecule has 0 radical (unpaired) electrons. The SMILES string of the molecule is COc1ccccc1NC(=O)N1c2ccc(C)cc2[C@H]2CN(C)CC[C@@H]21. The molecule has 1 fully saturated rings. The summed E-state index contributed by atoms with van der Waals surface area (Å²) in [6.45, 7) is 4.10. The Morgan fingerprint density at radius 1 is 1.23 bits per heavy atom. The smallest absolute Gasteiger partial charge is 0.326 e. The van der Waals surface area contributed by atoms with Crippen LogP contribution in [0.15, 0.2) is 42.5 Å². The minimum atomic E-state index is -0.0864. The number of urea groups is 1. The van der Waals surface area contributed by atoms with Crippen molar-refractivity contribution in [2.45, 2.75) is 25.3 Å².